The van der Waals surface area contributed by atoms with Crippen LogP contribution in [0.4, 0.5) is 0 Å². The van der Waals surface area contributed by atoms with Gasteiger partial charge < -0.3 is 5.32 Å². The van der Waals surface area contributed by atoms with Crippen molar-refractivity contribution < 1.29 is 8.42 Å². The van der Waals surface area contributed by atoms with Gasteiger partial charge in [-0.15, -0.1) is 12.4 Å². The van der Waals surface area contributed by atoms with E-state index in [4.69, 9.17) is 0 Å². The van der Waals surface area contributed by atoms with Crippen molar-refractivity contribution in [3.05, 3.63) is 42.7 Å². The lowest BCUT2D eigenvalue weighted by Crippen LogP contribution is -2.32. The fourth-order valence-electron chi connectivity index (χ4n) is 3.34. The topological polar surface area (TPSA) is 75.2 Å². The van der Waals surface area contributed by atoms with Crippen LogP contribution in [-0.2, 0) is 10.0 Å². The summed E-state index contributed by atoms with van der Waals surface area (Å²) in [5.41, 5.74) is 0.873. The van der Waals surface area contributed by atoms with Gasteiger partial charge in [0.15, 0.2) is 5.82 Å². The Morgan fingerprint density at radius 1 is 1.00 bits per heavy atom. The lowest BCUT2D eigenvalue weighted by atomic mass is 10.0. The Morgan fingerprint density at radius 3 is 2.17 bits per heavy atom. The highest BCUT2D eigenvalue weighted by Gasteiger charge is 2.41. The molecule has 0 saturated carbocycles. The molecule has 2 fully saturated rings. The normalized spacial score (nSPS) is 23.7. The molecule has 2 aliphatic heterocycles. The van der Waals surface area contributed by atoms with Crippen LogP contribution >= 0.6 is 12.4 Å². The zero-order valence-electron chi connectivity index (χ0n) is 13.0. The van der Waals surface area contributed by atoms with E-state index in [2.05, 4.69) is 15.3 Å². The Bertz CT molecular complexity index is 787. The number of benzene rings is 1. The van der Waals surface area contributed by atoms with E-state index in [0.29, 0.717) is 30.7 Å². The summed E-state index contributed by atoms with van der Waals surface area (Å²) in [5, 5.41) is 3.32. The van der Waals surface area contributed by atoms with Gasteiger partial charge in [-0.05, 0) is 24.9 Å². The number of rotatable bonds is 3. The fraction of sp³-hybridized carbons (Fsp3) is 0.375. The molecule has 128 valence electrons. The minimum absolute atomic E-state index is 0. The van der Waals surface area contributed by atoms with E-state index in [1.807, 2.05) is 30.3 Å². The summed E-state index contributed by atoms with van der Waals surface area (Å²) >= 11 is 0. The predicted molar refractivity (Wildman–Crippen MR) is 93.3 cm³/mol. The average Bonchev–Trinajstić information content (AvgIpc) is 3.18. The van der Waals surface area contributed by atoms with Crippen LogP contribution in [0.15, 0.2) is 47.6 Å². The molecule has 3 heterocycles. The Balaban J connectivity index is 0.00000169. The molecule has 1 aromatic carbocycles. The maximum absolute atomic E-state index is 12.7. The number of halogens is 1. The van der Waals surface area contributed by atoms with Crippen molar-refractivity contribution in [2.24, 2.45) is 11.8 Å². The van der Waals surface area contributed by atoms with Crippen LogP contribution in [0.3, 0.4) is 0 Å². The van der Waals surface area contributed by atoms with Crippen LogP contribution in [0.1, 0.15) is 0 Å². The van der Waals surface area contributed by atoms with Gasteiger partial charge >= 0.3 is 0 Å². The molecule has 4 rings (SSSR count). The van der Waals surface area contributed by atoms with Gasteiger partial charge in [0, 0.05) is 18.7 Å². The van der Waals surface area contributed by atoms with Crippen LogP contribution in [0.2, 0.25) is 0 Å². The SMILES string of the molecule is Cl.O=S(=O)(c1cnc(-c2ccccc2)nc1)N1C[C@H]2CNC[C@H]2C1. The summed E-state index contributed by atoms with van der Waals surface area (Å²) in [4.78, 5) is 8.63. The van der Waals surface area contributed by atoms with E-state index in [1.54, 1.807) is 4.31 Å². The maximum Gasteiger partial charge on any atom is 0.246 e. The Morgan fingerprint density at radius 2 is 1.58 bits per heavy atom. The summed E-state index contributed by atoms with van der Waals surface area (Å²) in [6.45, 7) is 2.97. The van der Waals surface area contributed by atoms with Gasteiger partial charge in [-0.25, -0.2) is 18.4 Å². The van der Waals surface area contributed by atoms with Crippen LogP contribution in [0, 0.1) is 11.8 Å². The summed E-state index contributed by atoms with van der Waals surface area (Å²) in [6, 6.07) is 9.53. The number of fused-ring (bicyclic) bond motifs is 1. The molecule has 2 atom stereocenters. The first-order valence-electron chi connectivity index (χ1n) is 7.73. The second-order valence-corrected chi connectivity index (χ2v) is 8.05. The van der Waals surface area contributed by atoms with Crippen molar-refractivity contribution in [2.75, 3.05) is 26.2 Å². The van der Waals surface area contributed by atoms with Gasteiger partial charge in [0.05, 0.1) is 12.4 Å². The molecule has 0 unspecified atom stereocenters. The van der Waals surface area contributed by atoms with E-state index >= 15 is 0 Å². The molecule has 2 aliphatic rings. The molecular weight excluding hydrogens is 348 g/mol. The van der Waals surface area contributed by atoms with E-state index in [9.17, 15) is 8.42 Å². The highest BCUT2D eigenvalue weighted by atomic mass is 35.5. The Labute approximate surface area is 147 Å². The van der Waals surface area contributed by atoms with Crippen molar-refractivity contribution in [1.82, 2.24) is 19.6 Å². The second-order valence-electron chi connectivity index (χ2n) is 6.11. The standard InChI is InChI=1S/C16H18N4O2S.ClH/c21-23(22,20-10-13-6-17-7-14(13)11-20)15-8-18-16(19-9-15)12-4-2-1-3-5-12;/h1-5,8-9,13-14,17H,6-7,10-11H2;1H/t13-,14+;. The molecule has 0 radical (unpaired) electrons. The number of hydrogen-bond donors (Lipinski definition) is 1. The third kappa shape index (κ3) is 3.04. The zero-order chi connectivity index (χ0) is 15.9. The van der Waals surface area contributed by atoms with Crippen LogP contribution < -0.4 is 5.32 Å². The van der Waals surface area contributed by atoms with E-state index in [0.717, 1.165) is 18.7 Å². The summed E-state index contributed by atoms with van der Waals surface area (Å²) in [5.74, 6) is 1.38. The van der Waals surface area contributed by atoms with Crippen molar-refractivity contribution in [3.63, 3.8) is 0 Å². The van der Waals surface area contributed by atoms with Gasteiger partial charge in [0.1, 0.15) is 4.90 Å². The van der Waals surface area contributed by atoms with Crippen LogP contribution in [0.25, 0.3) is 11.4 Å². The van der Waals surface area contributed by atoms with Gasteiger partial charge in [0.25, 0.3) is 0 Å². The third-order valence-corrected chi connectivity index (χ3v) is 6.44. The number of aromatic nitrogens is 2. The van der Waals surface area contributed by atoms with Crippen LogP contribution in [0.5, 0.6) is 0 Å². The molecule has 2 aromatic rings. The lowest BCUT2D eigenvalue weighted by Gasteiger charge is -2.17. The molecular formula is C16H19ClN4O2S. The van der Waals surface area contributed by atoms with E-state index in [1.165, 1.54) is 12.4 Å². The monoisotopic (exact) mass is 366 g/mol. The van der Waals surface area contributed by atoms with Crippen molar-refractivity contribution in [1.29, 1.82) is 0 Å². The third-order valence-electron chi connectivity index (χ3n) is 4.65. The maximum atomic E-state index is 12.7. The molecule has 1 aromatic heterocycles. The first-order chi connectivity index (χ1) is 11.1. The summed E-state index contributed by atoms with van der Waals surface area (Å²) in [7, 11) is -3.50. The van der Waals surface area contributed by atoms with Crippen molar-refractivity contribution in [3.8, 4) is 11.4 Å². The molecule has 0 bridgehead atoms. The van der Waals surface area contributed by atoms with E-state index in [-0.39, 0.29) is 17.3 Å². The molecule has 6 nitrogen and oxygen atoms in total. The smallest absolute Gasteiger partial charge is 0.246 e. The van der Waals surface area contributed by atoms with Gasteiger partial charge in [0.2, 0.25) is 10.0 Å². The highest BCUT2D eigenvalue weighted by Crippen LogP contribution is 2.30. The number of nitrogens with zero attached hydrogens (tertiary/aromatic N) is 3. The van der Waals surface area contributed by atoms with Gasteiger partial charge in [-0.1, -0.05) is 30.3 Å². The molecule has 1 N–H and O–H groups in total. The van der Waals surface area contributed by atoms with Crippen molar-refractivity contribution in [2.45, 2.75) is 4.90 Å². The Hall–Kier alpha value is -1.54. The lowest BCUT2D eigenvalue weighted by molar-refractivity contribution is 0.447. The van der Waals surface area contributed by atoms with Gasteiger partial charge in [-0.3, -0.25) is 0 Å². The quantitative estimate of drug-likeness (QED) is 0.888. The zero-order valence-corrected chi connectivity index (χ0v) is 14.6. The van der Waals surface area contributed by atoms with Crippen molar-refractivity contribution >= 4 is 22.4 Å². The first-order valence-corrected chi connectivity index (χ1v) is 9.17. The molecule has 8 heteroatoms. The molecule has 0 spiro atoms. The average molecular weight is 367 g/mol. The fourth-order valence-corrected chi connectivity index (χ4v) is 4.79. The molecule has 0 aliphatic carbocycles. The molecule has 2 saturated heterocycles. The second kappa shape index (κ2) is 6.76. The number of sulfonamides is 1. The molecule has 24 heavy (non-hydrogen) atoms. The number of nitrogens with one attached hydrogen (secondary N) is 1. The minimum Gasteiger partial charge on any atom is -0.316 e. The molecule has 0 amide bonds. The van der Waals surface area contributed by atoms with E-state index < -0.39 is 10.0 Å². The largest absolute Gasteiger partial charge is 0.316 e. The highest BCUT2D eigenvalue weighted by molar-refractivity contribution is 7.89. The van der Waals surface area contributed by atoms with Gasteiger partial charge in [-0.2, -0.15) is 4.31 Å². The summed E-state index contributed by atoms with van der Waals surface area (Å²) in [6.07, 6.45) is 2.83. The number of hydrogen-bond acceptors (Lipinski definition) is 5. The first kappa shape index (κ1) is 17.3. The predicted octanol–water partition coefficient (Wildman–Crippen LogP) is 1.41. The minimum atomic E-state index is -3.50. The Kier molecular flexibility index (Phi) is 4.87. The summed E-state index contributed by atoms with van der Waals surface area (Å²) < 4.78 is 27.1. The van der Waals surface area contributed by atoms with Crippen LogP contribution in [-0.4, -0.2) is 48.9 Å².